The molecule has 0 spiro atoms. The van der Waals surface area contributed by atoms with E-state index in [0.29, 0.717) is 0 Å². The van der Waals surface area contributed by atoms with Gasteiger partial charge in [-0.15, -0.1) is 0 Å². The van der Waals surface area contributed by atoms with Crippen LogP contribution in [0.25, 0.3) is 5.57 Å². The average Bonchev–Trinajstić information content (AvgIpc) is 3.68. The first-order valence-electron chi connectivity index (χ1n) is 14.0. The largest absolute Gasteiger partial charge is 0.508 e. The van der Waals surface area contributed by atoms with Crippen LogP contribution in [0.5, 0.6) is 5.75 Å². The Kier molecular flexibility index (Phi) is 7.11. The molecule has 1 aromatic heterocycles. The van der Waals surface area contributed by atoms with Gasteiger partial charge in [0, 0.05) is 51.1 Å². The minimum absolute atomic E-state index is 0.0328. The first kappa shape index (κ1) is 25.3. The van der Waals surface area contributed by atoms with Crippen molar-refractivity contribution in [1.29, 1.82) is 0 Å². The summed E-state index contributed by atoms with van der Waals surface area (Å²) in [6.45, 7) is 6.95. The molecule has 1 saturated carbocycles. The molecule has 2 amide bonds. The number of phenolic OH excluding ortho intramolecular Hbond substituents is 1. The van der Waals surface area contributed by atoms with E-state index in [9.17, 15) is 9.90 Å². The maximum Gasteiger partial charge on any atom is 0.317 e. The van der Waals surface area contributed by atoms with Crippen molar-refractivity contribution in [3.63, 3.8) is 0 Å². The lowest BCUT2D eigenvalue weighted by Crippen LogP contribution is -2.45. The van der Waals surface area contributed by atoms with E-state index in [0.717, 1.165) is 87.6 Å². The number of aromatic amines is 1. The number of hydrogen-bond donors (Lipinski definition) is 5. The van der Waals surface area contributed by atoms with E-state index in [1.54, 1.807) is 12.1 Å². The molecular weight excluding hydrogens is 485 g/mol. The molecule has 2 saturated heterocycles. The molecule has 6 rings (SSSR count). The van der Waals surface area contributed by atoms with Gasteiger partial charge in [0.15, 0.2) is 0 Å². The fourth-order valence-electron chi connectivity index (χ4n) is 6.75. The van der Waals surface area contributed by atoms with Crippen molar-refractivity contribution in [3.8, 4) is 5.75 Å². The highest BCUT2D eigenvalue weighted by Gasteiger charge is 2.48. The molecule has 38 heavy (non-hydrogen) atoms. The lowest BCUT2D eigenvalue weighted by atomic mass is 9.71. The van der Waals surface area contributed by atoms with Crippen molar-refractivity contribution in [2.75, 3.05) is 39.3 Å². The number of carbonyl (C=O) groups is 1. The fourth-order valence-corrected chi connectivity index (χ4v) is 6.75. The van der Waals surface area contributed by atoms with Gasteiger partial charge in [-0.25, -0.2) is 19.6 Å². The zero-order chi connectivity index (χ0) is 26.2. The van der Waals surface area contributed by atoms with Gasteiger partial charge >= 0.3 is 6.03 Å². The summed E-state index contributed by atoms with van der Waals surface area (Å²) in [5.74, 6) is 0.999. The number of aromatic nitrogens is 2. The maximum atomic E-state index is 15.9. The lowest BCUT2D eigenvalue weighted by Gasteiger charge is -2.36. The minimum Gasteiger partial charge on any atom is -0.508 e. The van der Waals surface area contributed by atoms with Gasteiger partial charge in [0.1, 0.15) is 17.7 Å². The van der Waals surface area contributed by atoms with Crippen LogP contribution in [0.15, 0.2) is 30.5 Å². The smallest absolute Gasteiger partial charge is 0.317 e. The van der Waals surface area contributed by atoms with Crippen LogP contribution in [0.3, 0.4) is 0 Å². The summed E-state index contributed by atoms with van der Waals surface area (Å²) < 4.78 is 15.9. The molecule has 3 fully saturated rings. The Balaban J connectivity index is 1.10. The Morgan fingerprint density at radius 2 is 2.08 bits per heavy atom. The highest BCUT2D eigenvalue weighted by atomic mass is 19.1. The SMILES string of the molecule is CCc1cc(O)ccc1C1CCC2C(c3ncc(C4=CCCN(CCN5CCNC5=O)C4)[nH]3)NNC2C1F. The van der Waals surface area contributed by atoms with Gasteiger partial charge in [0.25, 0.3) is 0 Å². The zero-order valence-electron chi connectivity index (χ0n) is 21.9. The molecule has 1 aliphatic carbocycles. The molecule has 5 atom stereocenters. The second kappa shape index (κ2) is 10.7. The number of fused-ring (bicyclic) bond motifs is 1. The molecular formula is C28H38FN7O2. The molecule has 4 heterocycles. The van der Waals surface area contributed by atoms with Crippen molar-refractivity contribution < 1.29 is 14.3 Å². The van der Waals surface area contributed by atoms with Gasteiger partial charge in [-0.05, 0) is 54.5 Å². The van der Waals surface area contributed by atoms with E-state index < -0.39 is 6.17 Å². The third-order valence-electron chi connectivity index (χ3n) is 8.84. The Hall–Kier alpha value is -2.95. The molecule has 2 aromatic rings. The second-order valence-electron chi connectivity index (χ2n) is 11.0. The Labute approximate surface area is 222 Å². The molecule has 5 unspecified atom stereocenters. The normalized spacial score (nSPS) is 29.8. The molecule has 9 nitrogen and oxygen atoms in total. The van der Waals surface area contributed by atoms with Crippen LogP contribution >= 0.6 is 0 Å². The number of carbonyl (C=O) groups excluding carboxylic acids is 1. The Morgan fingerprint density at radius 1 is 1.18 bits per heavy atom. The number of phenols is 1. The summed E-state index contributed by atoms with van der Waals surface area (Å²) in [5.41, 5.74) is 10.9. The summed E-state index contributed by atoms with van der Waals surface area (Å²) in [6, 6.07) is 5.00. The molecule has 204 valence electrons. The number of amides is 2. The van der Waals surface area contributed by atoms with Gasteiger partial charge in [0.05, 0.1) is 24.0 Å². The first-order valence-corrected chi connectivity index (χ1v) is 14.0. The monoisotopic (exact) mass is 523 g/mol. The number of aryl methyl sites for hydroxylation is 1. The van der Waals surface area contributed by atoms with Crippen molar-refractivity contribution in [3.05, 3.63) is 53.1 Å². The number of urea groups is 1. The van der Waals surface area contributed by atoms with Gasteiger partial charge in [-0.1, -0.05) is 19.1 Å². The quantitative estimate of drug-likeness (QED) is 0.382. The predicted molar refractivity (Wildman–Crippen MR) is 143 cm³/mol. The van der Waals surface area contributed by atoms with Crippen molar-refractivity contribution >= 4 is 11.6 Å². The van der Waals surface area contributed by atoms with Crippen LogP contribution < -0.4 is 16.2 Å². The zero-order valence-corrected chi connectivity index (χ0v) is 21.9. The lowest BCUT2D eigenvalue weighted by molar-refractivity contribution is 0.135. The molecule has 0 bridgehead atoms. The van der Waals surface area contributed by atoms with Crippen molar-refractivity contribution in [2.45, 2.75) is 56.8 Å². The molecule has 5 N–H and O–H groups in total. The number of hydrogen-bond acceptors (Lipinski definition) is 6. The number of rotatable bonds is 7. The summed E-state index contributed by atoms with van der Waals surface area (Å²) in [6.07, 6.45) is 6.53. The van der Waals surface area contributed by atoms with E-state index in [4.69, 9.17) is 4.98 Å². The number of benzene rings is 1. The fraction of sp³-hybridized carbons (Fsp3) is 0.571. The maximum absolute atomic E-state index is 15.9. The number of hydrazine groups is 1. The van der Waals surface area contributed by atoms with Crippen LogP contribution in [-0.2, 0) is 6.42 Å². The summed E-state index contributed by atoms with van der Waals surface area (Å²) in [5, 5.41) is 12.7. The molecule has 3 aliphatic heterocycles. The second-order valence-corrected chi connectivity index (χ2v) is 11.0. The van der Waals surface area contributed by atoms with Gasteiger partial charge in [-0.2, -0.15) is 0 Å². The van der Waals surface area contributed by atoms with Crippen LogP contribution in [0.1, 0.15) is 60.8 Å². The standard InChI is InChI=1S/C28H38FN7O2/c1-2-17-14-19(37)5-6-20(17)21-7-8-22-25(24(21)29)33-34-26(22)27-31-15-23(32-27)18-4-3-10-35(16-18)12-13-36-11-9-30-28(36)38/h4-6,14-15,21-22,24-26,33-34,37H,2-3,7-13,16H2,1H3,(H,30,38)(H,31,32). The average molecular weight is 524 g/mol. The van der Waals surface area contributed by atoms with Crippen LogP contribution in [0.4, 0.5) is 9.18 Å². The highest BCUT2D eigenvalue weighted by Crippen LogP contribution is 2.45. The third-order valence-corrected chi connectivity index (χ3v) is 8.84. The number of imidazole rings is 1. The van der Waals surface area contributed by atoms with E-state index in [1.165, 1.54) is 5.57 Å². The summed E-state index contributed by atoms with van der Waals surface area (Å²) in [7, 11) is 0. The van der Waals surface area contributed by atoms with Crippen LogP contribution in [-0.4, -0.2) is 82.4 Å². The minimum atomic E-state index is -1.03. The Morgan fingerprint density at radius 3 is 2.89 bits per heavy atom. The van der Waals surface area contributed by atoms with Crippen molar-refractivity contribution in [1.82, 2.24) is 35.9 Å². The Bertz CT molecular complexity index is 1200. The van der Waals surface area contributed by atoms with Crippen molar-refractivity contribution in [2.24, 2.45) is 5.92 Å². The van der Waals surface area contributed by atoms with Crippen LogP contribution in [0.2, 0.25) is 0 Å². The molecule has 1 aromatic carbocycles. The number of nitrogens with zero attached hydrogens (tertiary/aromatic N) is 3. The van der Waals surface area contributed by atoms with E-state index >= 15 is 4.39 Å². The number of aromatic hydroxyl groups is 1. The van der Waals surface area contributed by atoms with E-state index in [2.05, 4.69) is 32.1 Å². The first-order chi connectivity index (χ1) is 18.5. The molecule has 4 aliphatic rings. The molecule has 0 radical (unpaired) electrons. The van der Waals surface area contributed by atoms with E-state index in [-0.39, 0.29) is 35.7 Å². The summed E-state index contributed by atoms with van der Waals surface area (Å²) in [4.78, 5) is 24.4. The topological polar surface area (TPSA) is 109 Å². The van der Waals surface area contributed by atoms with Gasteiger partial charge in [-0.3, -0.25) is 10.3 Å². The highest BCUT2D eigenvalue weighted by molar-refractivity contribution is 5.76. The van der Waals surface area contributed by atoms with Gasteiger partial charge in [0.2, 0.25) is 0 Å². The predicted octanol–water partition coefficient (Wildman–Crippen LogP) is 2.84. The number of nitrogens with one attached hydrogen (secondary N) is 4. The number of halogens is 1. The van der Waals surface area contributed by atoms with Gasteiger partial charge < -0.3 is 20.3 Å². The number of H-pyrrole nitrogens is 1. The number of alkyl halides is 1. The molecule has 10 heteroatoms. The van der Waals surface area contributed by atoms with E-state index in [1.807, 2.05) is 24.1 Å². The van der Waals surface area contributed by atoms with Crippen LogP contribution in [0, 0.1) is 5.92 Å². The summed E-state index contributed by atoms with van der Waals surface area (Å²) >= 11 is 0. The third kappa shape index (κ3) is 4.81.